The predicted octanol–water partition coefficient (Wildman–Crippen LogP) is 0.283. The summed E-state index contributed by atoms with van der Waals surface area (Å²) in [5.74, 6) is 0. The van der Waals surface area contributed by atoms with Crippen molar-refractivity contribution in [2.24, 2.45) is 0 Å². The van der Waals surface area contributed by atoms with Crippen LogP contribution in [0.4, 0.5) is 0 Å². The van der Waals surface area contributed by atoms with Gasteiger partial charge in [-0.2, -0.15) is 5.26 Å². The van der Waals surface area contributed by atoms with Crippen LogP contribution in [0.25, 0.3) is 0 Å². The Kier molecular flexibility index (Phi) is 1.86. The molecule has 0 fully saturated rings. The van der Waals surface area contributed by atoms with E-state index in [9.17, 15) is 0 Å². The molecule has 2 N–H and O–H groups in total. The van der Waals surface area contributed by atoms with E-state index in [1.165, 1.54) is 10.8 Å². The van der Waals surface area contributed by atoms with Crippen molar-refractivity contribution < 1.29 is 10.0 Å². The van der Waals surface area contributed by atoms with Gasteiger partial charge in [-0.1, -0.05) is 22.0 Å². The molecule has 1 aliphatic rings. The summed E-state index contributed by atoms with van der Waals surface area (Å²) in [7, 11) is -2.06. The van der Waals surface area contributed by atoms with Crippen molar-refractivity contribution in [3.63, 3.8) is 0 Å². The van der Waals surface area contributed by atoms with Crippen LogP contribution < -0.4 is 0 Å². The molecular weight excluding hydrogens is 149 g/mol. The van der Waals surface area contributed by atoms with E-state index in [1.54, 1.807) is 12.2 Å². The molecule has 0 radical (unpaired) electrons. The minimum atomic E-state index is -2.06. The number of hydrogen-bond donors (Lipinski definition) is 2. The second kappa shape index (κ2) is 2.50. The summed E-state index contributed by atoms with van der Waals surface area (Å²) in [6.45, 7) is 0. The fourth-order valence-corrected chi connectivity index (χ4v) is 1.93. The van der Waals surface area contributed by atoms with Crippen LogP contribution in [-0.4, -0.2) is 16.4 Å². The van der Waals surface area contributed by atoms with Crippen LogP contribution in [0.2, 0.25) is 0 Å². The lowest BCUT2D eigenvalue weighted by atomic mass is 10.4. The maximum absolute atomic E-state index is 8.77. The Morgan fingerprint density at radius 2 is 1.80 bits per heavy atom. The van der Waals surface area contributed by atoms with Crippen molar-refractivity contribution in [2.45, 2.75) is 0 Å². The minimum absolute atomic E-state index is 1.54. The third-order valence-corrected chi connectivity index (χ3v) is 3.45. The van der Waals surface area contributed by atoms with Crippen LogP contribution in [0.1, 0.15) is 0 Å². The number of nitriles is 1. The molecule has 0 aromatic rings. The lowest BCUT2D eigenvalue weighted by Gasteiger charge is -2.19. The maximum Gasteiger partial charge on any atom is 0.530 e. The number of hydrogen-bond acceptors (Lipinski definition) is 3. The first-order valence-electron chi connectivity index (χ1n) is 2.65. The highest BCUT2D eigenvalue weighted by Gasteiger charge is 2.33. The molecule has 10 heavy (non-hydrogen) atoms. The van der Waals surface area contributed by atoms with Gasteiger partial charge in [0, 0.05) is 0 Å². The summed E-state index contributed by atoms with van der Waals surface area (Å²) < 4.78 is 0. The van der Waals surface area contributed by atoms with Crippen LogP contribution in [0.15, 0.2) is 23.0 Å². The van der Waals surface area contributed by atoms with Gasteiger partial charge in [0.05, 0.1) is 0 Å². The second-order valence-corrected chi connectivity index (χ2v) is 4.51. The molecule has 0 aromatic carbocycles. The predicted molar refractivity (Wildman–Crippen MR) is 41.7 cm³/mol. The van der Waals surface area contributed by atoms with Crippen molar-refractivity contribution in [2.75, 3.05) is 0 Å². The first kappa shape index (κ1) is 7.41. The Bertz CT molecular complexity index is 218. The standard InChI is InChI=1S/C5H6BNO2S/c7-5-10(6(8)9)3-1-2-4-10/h1-4,8-9H. The topological polar surface area (TPSA) is 64.2 Å². The van der Waals surface area contributed by atoms with E-state index in [0.29, 0.717) is 0 Å². The second-order valence-electron chi connectivity index (χ2n) is 1.84. The third-order valence-electron chi connectivity index (χ3n) is 1.23. The molecule has 0 aliphatic carbocycles. The Morgan fingerprint density at radius 3 is 2.00 bits per heavy atom. The van der Waals surface area contributed by atoms with Gasteiger partial charge in [0.1, 0.15) is 5.40 Å². The lowest BCUT2D eigenvalue weighted by Crippen LogP contribution is -2.16. The van der Waals surface area contributed by atoms with E-state index in [1.807, 2.05) is 5.40 Å². The summed E-state index contributed by atoms with van der Waals surface area (Å²) in [5, 5.41) is 31.1. The summed E-state index contributed by atoms with van der Waals surface area (Å²) in [6, 6.07) is 0. The summed E-state index contributed by atoms with van der Waals surface area (Å²) in [5.41, 5.74) is 0. The maximum atomic E-state index is 8.77. The normalized spacial score (nSPS) is 22.1. The molecule has 0 atom stereocenters. The van der Waals surface area contributed by atoms with Gasteiger partial charge in [-0.05, 0) is 10.8 Å². The number of thiocyanates is 1. The quantitative estimate of drug-likeness (QED) is 0.422. The fraction of sp³-hybridized carbons (Fsp3) is 0. The molecule has 0 saturated carbocycles. The van der Waals surface area contributed by atoms with Crippen LogP contribution in [0.3, 0.4) is 0 Å². The van der Waals surface area contributed by atoms with Crippen molar-refractivity contribution in [1.82, 2.24) is 0 Å². The van der Waals surface area contributed by atoms with Crippen LogP contribution >= 0.6 is 9.88 Å². The van der Waals surface area contributed by atoms with E-state index in [-0.39, 0.29) is 0 Å². The molecule has 1 heterocycles. The molecular formula is C5H6BNO2S. The highest BCUT2D eigenvalue weighted by atomic mass is 32.3. The average Bonchev–Trinajstić information content (AvgIpc) is 2.35. The smallest absolute Gasteiger partial charge is 0.418 e. The molecule has 0 saturated heterocycles. The van der Waals surface area contributed by atoms with Gasteiger partial charge in [0.15, 0.2) is 0 Å². The Hall–Kier alpha value is -0.695. The highest BCUT2D eigenvalue weighted by molar-refractivity contribution is 8.60. The number of allylic oxidation sites excluding steroid dienone is 2. The highest BCUT2D eigenvalue weighted by Crippen LogP contribution is 2.53. The largest absolute Gasteiger partial charge is 0.530 e. The van der Waals surface area contributed by atoms with Crippen LogP contribution in [0, 0.1) is 10.7 Å². The Morgan fingerprint density at radius 1 is 1.30 bits per heavy atom. The lowest BCUT2D eigenvalue weighted by molar-refractivity contribution is 0.437. The number of nitrogens with zero attached hydrogens (tertiary/aromatic N) is 1. The van der Waals surface area contributed by atoms with Gasteiger partial charge in [0.2, 0.25) is 0 Å². The molecule has 0 bridgehead atoms. The van der Waals surface area contributed by atoms with Crippen molar-refractivity contribution in [3.05, 3.63) is 23.0 Å². The van der Waals surface area contributed by atoms with E-state index >= 15 is 0 Å². The van der Waals surface area contributed by atoms with Gasteiger partial charge in [-0.25, -0.2) is 0 Å². The number of rotatable bonds is 1. The van der Waals surface area contributed by atoms with E-state index in [0.717, 1.165) is 0 Å². The first-order valence-corrected chi connectivity index (χ1v) is 4.47. The van der Waals surface area contributed by atoms with Gasteiger partial charge < -0.3 is 10.0 Å². The van der Waals surface area contributed by atoms with Crippen molar-refractivity contribution in [1.29, 1.82) is 5.26 Å². The summed E-state index contributed by atoms with van der Waals surface area (Å²) in [4.78, 5) is 0. The molecule has 0 aromatic heterocycles. The molecule has 1 aliphatic heterocycles. The fourth-order valence-electron chi connectivity index (χ4n) is 0.645. The Labute approximate surface area is 60.6 Å². The van der Waals surface area contributed by atoms with Gasteiger partial charge in [-0.3, -0.25) is 0 Å². The molecule has 5 heteroatoms. The third kappa shape index (κ3) is 0.970. The van der Waals surface area contributed by atoms with Crippen molar-refractivity contribution >= 4 is 16.3 Å². The van der Waals surface area contributed by atoms with Crippen molar-refractivity contribution in [3.8, 4) is 5.40 Å². The minimum Gasteiger partial charge on any atom is -0.418 e. The molecule has 3 nitrogen and oxygen atoms in total. The van der Waals surface area contributed by atoms with Gasteiger partial charge in [0.25, 0.3) is 0 Å². The molecule has 0 spiro atoms. The zero-order valence-electron chi connectivity index (χ0n) is 5.14. The Balaban J connectivity index is 2.93. The molecule has 0 unspecified atom stereocenters. The zero-order chi connectivity index (χ0) is 7.61. The van der Waals surface area contributed by atoms with E-state index in [4.69, 9.17) is 15.3 Å². The van der Waals surface area contributed by atoms with E-state index < -0.39 is 16.3 Å². The molecule has 0 amide bonds. The summed E-state index contributed by atoms with van der Waals surface area (Å²) in [6.07, 6.45) is 1.75. The molecule has 1 rings (SSSR count). The van der Waals surface area contributed by atoms with Gasteiger partial charge in [-0.15, -0.1) is 0 Å². The SMILES string of the molecule is N#CS1(B(O)O)C=CC=C1. The first-order chi connectivity index (χ1) is 4.71. The summed E-state index contributed by atoms with van der Waals surface area (Å²) >= 11 is 0. The van der Waals surface area contributed by atoms with Gasteiger partial charge >= 0.3 is 6.40 Å². The zero-order valence-corrected chi connectivity index (χ0v) is 5.95. The average molecular weight is 155 g/mol. The monoisotopic (exact) mass is 155 g/mol. The molecule has 52 valence electrons. The van der Waals surface area contributed by atoms with E-state index in [2.05, 4.69) is 0 Å². The van der Waals surface area contributed by atoms with Crippen LogP contribution in [-0.2, 0) is 0 Å². The van der Waals surface area contributed by atoms with Crippen LogP contribution in [0.5, 0.6) is 0 Å².